The molecule has 1 aliphatic heterocycles. The Balaban J connectivity index is 2.75. The molecule has 0 aromatic carbocycles. The van der Waals surface area contributed by atoms with Gasteiger partial charge in [-0.2, -0.15) is 0 Å². The molecule has 0 bridgehead atoms. The Hall–Kier alpha value is -1.30. The van der Waals surface area contributed by atoms with Crippen molar-refractivity contribution in [2.75, 3.05) is 13.2 Å². The van der Waals surface area contributed by atoms with Crippen LogP contribution in [0.1, 0.15) is 34.1 Å². The minimum Gasteiger partial charge on any atom is -0.465 e. The number of hydrogen-bond donors (Lipinski definition) is 0. The van der Waals surface area contributed by atoms with Crippen molar-refractivity contribution in [1.29, 1.82) is 0 Å². The molecular weight excluding hydrogens is 238 g/mol. The molecule has 0 aromatic heterocycles. The van der Waals surface area contributed by atoms with Gasteiger partial charge >= 0.3 is 5.97 Å². The van der Waals surface area contributed by atoms with Crippen LogP contribution >= 0.6 is 0 Å². The van der Waals surface area contributed by atoms with E-state index in [0.717, 1.165) is 0 Å². The third-order valence-corrected chi connectivity index (χ3v) is 2.67. The second kappa shape index (κ2) is 5.56. The second-order valence-electron chi connectivity index (χ2n) is 4.84. The number of hydrogen-bond acceptors (Lipinski definition) is 5. The van der Waals surface area contributed by atoms with Crippen LogP contribution in [-0.4, -0.2) is 36.6 Å². The van der Waals surface area contributed by atoms with Crippen molar-refractivity contribution in [3.05, 3.63) is 10.4 Å². The van der Waals surface area contributed by atoms with Crippen LogP contribution < -0.4 is 0 Å². The SMILES string of the molecule is CCOC(=O)C(C)(C[C@H]1COC(C)(C)O1)N=[N+]=[N-]. The Bertz CT molecular complexity index is 365. The Morgan fingerprint density at radius 2 is 2.33 bits per heavy atom. The Morgan fingerprint density at radius 3 is 2.78 bits per heavy atom. The van der Waals surface area contributed by atoms with E-state index >= 15 is 0 Å². The fourth-order valence-corrected chi connectivity index (χ4v) is 1.86. The maximum absolute atomic E-state index is 11.8. The van der Waals surface area contributed by atoms with E-state index in [9.17, 15) is 4.79 Å². The van der Waals surface area contributed by atoms with E-state index in [1.165, 1.54) is 0 Å². The lowest BCUT2D eigenvalue weighted by molar-refractivity contribution is -0.154. The van der Waals surface area contributed by atoms with Crippen LogP contribution in [0.15, 0.2) is 5.11 Å². The van der Waals surface area contributed by atoms with Crippen molar-refractivity contribution >= 4 is 5.97 Å². The van der Waals surface area contributed by atoms with Gasteiger partial charge in [-0.3, -0.25) is 4.79 Å². The van der Waals surface area contributed by atoms with Crippen molar-refractivity contribution in [3.8, 4) is 0 Å². The summed E-state index contributed by atoms with van der Waals surface area (Å²) in [6.45, 7) is 7.43. The highest BCUT2D eigenvalue weighted by molar-refractivity contribution is 5.80. The van der Waals surface area contributed by atoms with Crippen molar-refractivity contribution < 1.29 is 19.0 Å². The summed E-state index contributed by atoms with van der Waals surface area (Å²) >= 11 is 0. The maximum Gasteiger partial charge on any atom is 0.317 e. The van der Waals surface area contributed by atoms with Gasteiger partial charge in [0.25, 0.3) is 0 Å². The average Bonchev–Trinajstić information content (AvgIpc) is 2.58. The fraction of sp³-hybridized carbons (Fsp3) is 0.909. The summed E-state index contributed by atoms with van der Waals surface area (Å²) in [5.74, 6) is -1.22. The first-order valence-electron chi connectivity index (χ1n) is 5.88. The van der Waals surface area contributed by atoms with Gasteiger partial charge in [-0.25, -0.2) is 0 Å². The van der Waals surface area contributed by atoms with Gasteiger partial charge in [0.2, 0.25) is 0 Å². The number of carbonyl (C=O) groups excluding carboxylic acids is 1. The smallest absolute Gasteiger partial charge is 0.317 e. The summed E-state index contributed by atoms with van der Waals surface area (Å²) in [4.78, 5) is 14.5. The topological polar surface area (TPSA) is 93.5 Å². The quantitative estimate of drug-likeness (QED) is 0.326. The number of rotatable bonds is 5. The second-order valence-corrected chi connectivity index (χ2v) is 4.84. The summed E-state index contributed by atoms with van der Waals surface area (Å²) in [5, 5.41) is 3.56. The van der Waals surface area contributed by atoms with Crippen molar-refractivity contribution in [2.24, 2.45) is 5.11 Å². The monoisotopic (exact) mass is 257 g/mol. The van der Waals surface area contributed by atoms with Crippen LogP contribution in [0.4, 0.5) is 0 Å². The van der Waals surface area contributed by atoms with Crippen LogP contribution in [0, 0.1) is 0 Å². The summed E-state index contributed by atoms with van der Waals surface area (Å²) < 4.78 is 15.9. The minimum atomic E-state index is -1.26. The molecule has 0 saturated carbocycles. The average molecular weight is 257 g/mol. The van der Waals surface area contributed by atoms with E-state index in [4.69, 9.17) is 19.7 Å². The first-order chi connectivity index (χ1) is 8.33. The molecule has 0 aliphatic carbocycles. The normalized spacial score (nSPS) is 25.0. The maximum atomic E-state index is 11.8. The molecule has 1 rings (SSSR count). The molecule has 0 N–H and O–H groups in total. The number of carbonyl (C=O) groups is 1. The zero-order chi connectivity index (χ0) is 13.8. The van der Waals surface area contributed by atoms with Crippen LogP contribution in [-0.2, 0) is 19.0 Å². The van der Waals surface area contributed by atoms with Crippen LogP contribution in [0.25, 0.3) is 10.4 Å². The van der Waals surface area contributed by atoms with Crippen molar-refractivity contribution in [3.63, 3.8) is 0 Å². The molecule has 1 unspecified atom stereocenters. The lowest BCUT2D eigenvalue weighted by atomic mass is 9.95. The third kappa shape index (κ3) is 3.60. The number of azide groups is 1. The highest BCUT2D eigenvalue weighted by atomic mass is 16.7. The minimum absolute atomic E-state index is 0.235. The lowest BCUT2D eigenvalue weighted by Gasteiger charge is -2.25. The van der Waals surface area contributed by atoms with E-state index in [2.05, 4.69) is 10.0 Å². The first kappa shape index (κ1) is 14.8. The number of esters is 1. The van der Waals surface area contributed by atoms with Gasteiger partial charge in [0.05, 0.1) is 19.3 Å². The molecule has 1 fully saturated rings. The summed E-state index contributed by atoms with van der Waals surface area (Å²) in [5.41, 5.74) is 7.31. The van der Waals surface area contributed by atoms with Gasteiger partial charge in [-0.1, -0.05) is 5.11 Å². The van der Waals surface area contributed by atoms with Crippen molar-refractivity contribution in [1.82, 2.24) is 0 Å². The molecule has 0 radical (unpaired) electrons. The molecule has 1 heterocycles. The molecule has 1 saturated heterocycles. The first-order valence-corrected chi connectivity index (χ1v) is 5.88. The number of ether oxygens (including phenoxy) is 3. The summed E-state index contributed by atoms with van der Waals surface area (Å²) in [7, 11) is 0. The van der Waals surface area contributed by atoms with E-state index in [-0.39, 0.29) is 19.1 Å². The standard InChI is InChI=1S/C11H19N3O4/c1-5-16-9(15)11(4,13-14-12)6-8-7-17-10(2,3)18-8/h8H,5-7H2,1-4H3/t8-,11?/m0/s1. The molecule has 7 heteroatoms. The van der Waals surface area contributed by atoms with Gasteiger partial charge in [0.15, 0.2) is 5.79 Å². The molecule has 0 aromatic rings. The van der Waals surface area contributed by atoms with Crippen LogP contribution in [0.5, 0.6) is 0 Å². The summed E-state index contributed by atoms with van der Waals surface area (Å²) in [6.07, 6.45) is -0.0563. The van der Waals surface area contributed by atoms with E-state index in [1.54, 1.807) is 27.7 Å². The van der Waals surface area contributed by atoms with E-state index in [0.29, 0.717) is 6.61 Å². The van der Waals surface area contributed by atoms with Gasteiger partial charge in [-0.15, -0.1) is 0 Å². The molecular formula is C11H19N3O4. The highest BCUT2D eigenvalue weighted by Gasteiger charge is 2.42. The molecule has 7 nitrogen and oxygen atoms in total. The zero-order valence-electron chi connectivity index (χ0n) is 11.2. The Labute approximate surface area is 106 Å². The predicted octanol–water partition coefficient (Wildman–Crippen LogP) is 2.16. The van der Waals surface area contributed by atoms with Gasteiger partial charge < -0.3 is 14.2 Å². The number of nitrogens with zero attached hydrogens (tertiary/aromatic N) is 3. The summed E-state index contributed by atoms with van der Waals surface area (Å²) in [6, 6.07) is 0. The highest BCUT2D eigenvalue weighted by Crippen LogP contribution is 2.30. The van der Waals surface area contributed by atoms with Crippen molar-refractivity contribution in [2.45, 2.75) is 51.5 Å². The van der Waals surface area contributed by atoms with Gasteiger partial charge in [-0.05, 0) is 39.6 Å². The third-order valence-electron chi connectivity index (χ3n) is 2.67. The molecule has 2 atom stereocenters. The molecule has 0 amide bonds. The van der Waals surface area contributed by atoms with Crippen LogP contribution in [0.2, 0.25) is 0 Å². The fourth-order valence-electron chi connectivity index (χ4n) is 1.86. The van der Waals surface area contributed by atoms with E-state index in [1.807, 2.05) is 0 Å². The molecule has 0 spiro atoms. The predicted molar refractivity (Wildman–Crippen MR) is 63.7 cm³/mol. The zero-order valence-corrected chi connectivity index (χ0v) is 11.2. The van der Waals surface area contributed by atoms with E-state index < -0.39 is 17.3 Å². The largest absolute Gasteiger partial charge is 0.465 e. The molecule has 102 valence electrons. The Morgan fingerprint density at radius 1 is 1.67 bits per heavy atom. The molecule has 1 aliphatic rings. The van der Waals surface area contributed by atoms with Gasteiger partial charge in [0.1, 0.15) is 5.54 Å². The lowest BCUT2D eigenvalue weighted by Crippen LogP contribution is -2.39. The van der Waals surface area contributed by atoms with Crippen LogP contribution in [0.3, 0.4) is 0 Å². The Kier molecular flexibility index (Phi) is 4.56. The van der Waals surface area contributed by atoms with Gasteiger partial charge in [0, 0.05) is 4.91 Å². The molecule has 18 heavy (non-hydrogen) atoms.